The van der Waals surface area contributed by atoms with Crippen molar-refractivity contribution in [1.82, 2.24) is 10.6 Å². The Morgan fingerprint density at radius 3 is 2.78 bits per heavy atom. The molecule has 1 spiro atoms. The summed E-state index contributed by atoms with van der Waals surface area (Å²) in [6.07, 6.45) is 9.18. The molecule has 3 atom stereocenters. The summed E-state index contributed by atoms with van der Waals surface area (Å²) < 4.78 is 11.7. The topological polar surface area (TPSA) is 58.8 Å². The van der Waals surface area contributed by atoms with E-state index >= 15 is 0 Å². The van der Waals surface area contributed by atoms with Gasteiger partial charge in [0.1, 0.15) is 5.76 Å². The minimum absolute atomic E-state index is 0. The van der Waals surface area contributed by atoms with E-state index < -0.39 is 0 Å². The molecule has 3 heterocycles. The largest absolute Gasteiger partial charge is 0.469 e. The van der Waals surface area contributed by atoms with Crippen molar-refractivity contribution >= 4 is 41.7 Å². The Morgan fingerprint density at radius 2 is 1.97 bits per heavy atom. The number of furan rings is 1. The van der Waals surface area contributed by atoms with Crippen molar-refractivity contribution in [1.29, 1.82) is 0 Å². The number of nitrogens with one attached hydrogen (secondary N) is 2. The van der Waals surface area contributed by atoms with Crippen LogP contribution in [0.2, 0.25) is 0 Å². The standard InChI is InChI=1S/C25H33N3O2S.HI/c1-2-5-20-16-21(8-7-19(20)4-1)27-24(26-12-9-23-6-3-13-29-23)28-22-10-14-30-25(17-22)11-15-31-18-25;/h1-6,13,21-22H,7-12,14-18H2,(H2,26,27,28);1H. The Hall–Kier alpha value is -1.19. The summed E-state index contributed by atoms with van der Waals surface area (Å²) in [5.41, 5.74) is 3.04. The van der Waals surface area contributed by atoms with Crippen LogP contribution >= 0.6 is 35.7 Å². The van der Waals surface area contributed by atoms with Crippen molar-refractivity contribution in [2.75, 3.05) is 24.7 Å². The molecule has 2 saturated heterocycles. The van der Waals surface area contributed by atoms with Gasteiger partial charge in [0, 0.05) is 37.4 Å². The van der Waals surface area contributed by atoms with Crippen LogP contribution in [-0.2, 0) is 24.0 Å². The molecule has 1 aromatic carbocycles. The smallest absolute Gasteiger partial charge is 0.191 e. The van der Waals surface area contributed by atoms with Crippen LogP contribution in [0.25, 0.3) is 0 Å². The highest BCUT2D eigenvalue weighted by Gasteiger charge is 2.40. The predicted molar refractivity (Wildman–Crippen MR) is 142 cm³/mol. The predicted octanol–water partition coefficient (Wildman–Crippen LogP) is 4.59. The third kappa shape index (κ3) is 6.03. The van der Waals surface area contributed by atoms with Crippen LogP contribution in [-0.4, -0.2) is 48.3 Å². The maximum absolute atomic E-state index is 6.22. The quantitative estimate of drug-likeness (QED) is 0.315. The molecule has 5 nitrogen and oxygen atoms in total. The highest BCUT2D eigenvalue weighted by atomic mass is 127. The summed E-state index contributed by atoms with van der Waals surface area (Å²) in [4.78, 5) is 4.95. The molecule has 5 rings (SSSR count). The molecule has 3 aliphatic rings. The van der Waals surface area contributed by atoms with Gasteiger partial charge in [-0.25, -0.2) is 0 Å². The second kappa shape index (κ2) is 11.3. The maximum atomic E-state index is 6.22. The van der Waals surface area contributed by atoms with Gasteiger partial charge in [0.25, 0.3) is 0 Å². The Bertz CT molecular complexity index is 883. The van der Waals surface area contributed by atoms with E-state index in [2.05, 4.69) is 34.9 Å². The average molecular weight is 568 g/mol. The summed E-state index contributed by atoms with van der Waals surface area (Å²) in [6.45, 7) is 1.56. The van der Waals surface area contributed by atoms with E-state index in [9.17, 15) is 0 Å². The van der Waals surface area contributed by atoms with Gasteiger partial charge in [0.2, 0.25) is 0 Å². The number of hydrogen-bond donors (Lipinski definition) is 2. The molecule has 0 saturated carbocycles. The van der Waals surface area contributed by atoms with Crippen LogP contribution in [0, 0.1) is 0 Å². The van der Waals surface area contributed by atoms with Gasteiger partial charge in [-0.05, 0) is 67.5 Å². The highest BCUT2D eigenvalue weighted by Crippen LogP contribution is 2.38. The van der Waals surface area contributed by atoms with Crippen molar-refractivity contribution in [3.63, 3.8) is 0 Å². The molecule has 3 unspecified atom stereocenters. The van der Waals surface area contributed by atoms with Crippen LogP contribution in [0.5, 0.6) is 0 Å². The van der Waals surface area contributed by atoms with Crippen LogP contribution in [0.4, 0.5) is 0 Å². The Labute approximate surface area is 212 Å². The monoisotopic (exact) mass is 567 g/mol. The van der Waals surface area contributed by atoms with Crippen molar-refractivity contribution in [2.24, 2.45) is 4.99 Å². The molecule has 174 valence electrons. The lowest BCUT2D eigenvalue weighted by molar-refractivity contribution is -0.0679. The fraction of sp³-hybridized carbons (Fsp3) is 0.560. The van der Waals surface area contributed by atoms with Crippen LogP contribution < -0.4 is 10.6 Å². The minimum atomic E-state index is 0. The number of nitrogens with zero attached hydrogens (tertiary/aromatic N) is 1. The normalized spacial score (nSPS) is 27.6. The van der Waals surface area contributed by atoms with E-state index in [1.54, 1.807) is 6.26 Å². The summed E-state index contributed by atoms with van der Waals surface area (Å²) in [5, 5.41) is 7.54. The van der Waals surface area contributed by atoms with E-state index in [0.29, 0.717) is 12.1 Å². The van der Waals surface area contributed by atoms with Gasteiger partial charge < -0.3 is 19.8 Å². The van der Waals surface area contributed by atoms with Gasteiger partial charge in [-0.2, -0.15) is 11.8 Å². The van der Waals surface area contributed by atoms with E-state index in [1.165, 1.54) is 23.3 Å². The molecule has 1 aromatic heterocycles. The van der Waals surface area contributed by atoms with Crippen LogP contribution in [0.3, 0.4) is 0 Å². The maximum Gasteiger partial charge on any atom is 0.191 e. The third-order valence-corrected chi connectivity index (χ3v) is 8.02. The zero-order valence-corrected chi connectivity index (χ0v) is 21.7. The van der Waals surface area contributed by atoms with Crippen molar-refractivity contribution < 1.29 is 9.15 Å². The molecule has 2 aromatic rings. The number of guanidine groups is 1. The van der Waals surface area contributed by atoms with Gasteiger partial charge >= 0.3 is 0 Å². The highest BCUT2D eigenvalue weighted by molar-refractivity contribution is 14.0. The first-order valence-electron chi connectivity index (χ1n) is 11.7. The molecular formula is C25H34IN3O2S. The molecular weight excluding hydrogens is 533 g/mol. The lowest BCUT2D eigenvalue weighted by Gasteiger charge is -2.39. The molecule has 2 fully saturated rings. The van der Waals surface area contributed by atoms with E-state index in [-0.39, 0.29) is 29.6 Å². The van der Waals surface area contributed by atoms with Gasteiger partial charge in [-0.15, -0.1) is 24.0 Å². The first kappa shape index (κ1) is 24.0. The Morgan fingerprint density at radius 1 is 1.09 bits per heavy atom. The van der Waals surface area contributed by atoms with Gasteiger partial charge in [0.05, 0.1) is 11.9 Å². The van der Waals surface area contributed by atoms with Crippen LogP contribution in [0.15, 0.2) is 52.1 Å². The number of rotatable bonds is 5. The number of aryl methyl sites for hydroxylation is 1. The number of aliphatic imine (C=N–C) groups is 1. The van der Waals surface area contributed by atoms with Gasteiger partial charge in [-0.3, -0.25) is 4.99 Å². The summed E-state index contributed by atoms with van der Waals surface area (Å²) in [5.74, 6) is 4.28. The number of hydrogen-bond acceptors (Lipinski definition) is 4. The molecule has 2 aliphatic heterocycles. The van der Waals surface area contributed by atoms with Gasteiger partial charge in [0.15, 0.2) is 5.96 Å². The average Bonchev–Trinajstić information content (AvgIpc) is 3.46. The van der Waals surface area contributed by atoms with Crippen molar-refractivity contribution in [3.05, 3.63) is 59.5 Å². The van der Waals surface area contributed by atoms with Gasteiger partial charge in [-0.1, -0.05) is 24.3 Å². The molecule has 0 radical (unpaired) electrons. The number of thioether (sulfide) groups is 1. The first-order valence-corrected chi connectivity index (χ1v) is 12.8. The second-order valence-corrected chi connectivity index (χ2v) is 10.2. The SMILES string of the molecule is I.c1coc(CCN=C(NC2CCc3ccccc3C2)NC2CCOC3(CCSC3)C2)c1. The van der Waals surface area contributed by atoms with Crippen molar-refractivity contribution in [2.45, 2.75) is 62.6 Å². The summed E-state index contributed by atoms with van der Waals surface area (Å²) in [6, 6.07) is 13.6. The summed E-state index contributed by atoms with van der Waals surface area (Å²) >= 11 is 2.03. The molecule has 0 amide bonds. The van der Waals surface area contributed by atoms with E-state index in [1.807, 2.05) is 23.9 Å². The molecule has 2 N–H and O–H groups in total. The number of halogens is 1. The second-order valence-electron chi connectivity index (χ2n) is 9.08. The Kier molecular flexibility index (Phi) is 8.45. The lowest BCUT2D eigenvalue weighted by Crippen LogP contribution is -2.53. The first-order chi connectivity index (χ1) is 15.3. The number of fused-ring (bicyclic) bond motifs is 1. The molecule has 7 heteroatoms. The fourth-order valence-electron chi connectivity index (χ4n) is 5.09. The van der Waals surface area contributed by atoms with E-state index in [0.717, 1.165) is 69.1 Å². The fourth-order valence-corrected chi connectivity index (χ4v) is 6.47. The lowest BCUT2D eigenvalue weighted by atomic mass is 9.88. The molecule has 1 aliphatic carbocycles. The zero-order chi connectivity index (χ0) is 20.9. The van der Waals surface area contributed by atoms with E-state index in [4.69, 9.17) is 14.1 Å². The molecule has 32 heavy (non-hydrogen) atoms. The zero-order valence-electron chi connectivity index (χ0n) is 18.6. The van der Waals surface area contributed by atoms with Crippen molar-refractivity contribution in [3.8, 4) is 0 Å². The number of ether oxygens (including phenoxy) is 1. The minimum Gasteiger partial charge on any atom is -0.469 e. The molecule has 0 bridgehead atoms. The number of benzene rings is 1. The summed E-state index contributed by atoms with van der Waals surface area (Å²) in [7, 11) is 0. The third-order valence-electron chi connectivity index (χ3n) is 6.80. The Balaban J connectivity index is 0.00000245. The van der Waals surface area contributed by atoms with Crippen LogP contribution in [0.1, 0.15) is 42.6 Å².